The lowest BCUT2D eigenvalue weighted by atomic mass is 9.97. The molecule has 0 radical (unpaired) electrons. The number of hydrogen-bond donors (Lipinski definition) is 2. The Morgan fingerprint density at radius 1 is 1.40 bits per heavy atom. The summed E-state index contributed by atoms with van der Waals surface area (Å²) in [6.45, 7) is 3.52. The third kappa shape index (κ3) is 3.78. The van der Waals surface area contributed by atoms with Crippen LogP contribution >= 0.6 is 0 Å². The third-order valence-corrected chi connectivity index (χ3v) is 4.21. The summed E-state index contributed by atoms with van der Waals surface area (Å²) in [5.74, 6) is -0.269. The molecule has 1 aliphatic heterocycles. The van der Waals surface area contributed by atoms with E-state index in [0.29, 0.717) is 12.6 Å². The molecule has 0 amide bonds. The number of nitrogens with zero attached hydrogens (tertiary/aromatic N) is 1. The summed E-state index contributed by atoms with van der Waals surface area (Å²) in [6.07, 6.45) is 3.56. The molecule has 2 rings (SSSR count). The maximum atomic E-state index is 13.1. The summed E-state index contributed by atoms with van der Waals surface area (Å²) in [6, 6.07) is 4.87. The van der Waals surface area contributed by atoms with E-state index in [2.05, 4.69) is 4.90 Å². The van der Waals surface area contributed by atoms with Gasteiger partial charge in [-0.3, -0.25) is 4.90 Å². The Labute approximate surface area is 120 Å². The van der Waals surface area contributed by atoms with Gasteiger partial charge < -0.3 is 10.2 Å². The van der Waals surface area contributed by atoms with E-state index in [-0.39, 0.29) is 12.4 Å². The molecule has 1 aliphatic rings. The van der Waals surface area contributed by atoms with Crippen molar-refractivity contribution in [1.82, 2.24) is 4.90 Å². The minimum absolute atomic E-state index is 0.187. The van der Waals surface area contributed by atoms with Crippen LogP contribution in [-0.2, 0) is 0 Å². The second-order valence-corrected chi connectivity index (χ2v) is 5.67. The van der Waals surface area contributed by atoms with E-state index in [1.54, 1.807) is 6.07 Å². The minimum atomic E-state index is -0.602. The van der Waals surface area contributed by atoms with E-state index in [1.165, 1.54) is 18.6 Å². The van der Waals surface area contributed by atoms with Gasteiger partial charge in [-0.05, 0) is 56.0 Å². The van der Waals surface area contributed by atoms with Gasteiger partial charge in [0.15, 0.2) is 0 Å². The zero-order valence-corrected chi connectivity index (χ0v) is 12.1. The van der Waals surface area contributed by atoms with Crippen molar-refractivity contribution in [2.75, 3.05) is 19.7 Å². The predicted molar refractivity (Wildman–Crippen MR) is 77.0 cm³/mol. The highest BCUT2D eigenvalue weighted by atomic mass is 19.1. The van der Waals surface area contributed by atoms with Crippen LogP contribution in [0.2, 0.25) is 0 Å². The fraction of sp³-hybridized carbons (Fsp3) is 0.625. The van der Waals surface area contributed by atoms with Crippen LogP contribution in [0, 0.1) is 12.7 Å². The first-order valence-electron chi connectivity index (χ1n) is 7.41. The van der Waals surface area contributed by atoms with Crippen LogP contribution in [0.3, 0.4) is 0 Å². The molecule has 112 valence electrons. The molecular formula is C16H24FNO2. The molecule has 0 bridgehead atoms. The van der Waals surface area contributed by atoms with Gasteiger partial charge in [0.2, 0.25) is 0 Å². The van der Waals surface area contributed by atoms with Crippen LogP contribution in [-0.4, -0.2) is 40.9 Å². The number of aryl methyl sites for hydroxylation is 1. The predicted octanol–water partition coefficient (Wildman–Crippen LogP) is 2.40. The molecular weight excluding hydrogens is 257 g/mol. The molecule has 3 nitrogen and oxygen atoms in total. The minimum Gasteiger partial charge on any atom is -0.396 e. The number of hydrogen-bond acceptors (Lipinski definition) is 3. The molecule has 2 unspecified atom stereocenters. The van der Waals surface area contributed by atoms with Crippen molar-refractivity contribution in [2.45, 2.75) is 44.8 Å². The van der Waals surface area contributed by atoms with Crippen LogP contribution in [0.5, 0.6) is 0 Å². The third-order valence-electron chi connectivity index (χ3n) is 4.21. The van der Waals surface area contributed by atoms with Gasteiger partial charge in [-0.1, -0.05) is 12.5 Å². The Kier molecular flexibility index (Phi) is 5.52. The lowest BCUT2D eigenvalue weighted by molar-refractivity contribution is 0.0562. The van der Waals surface area contributed by atoms with Crippen molar-refractivity contribution in [2.24, 2.45) is 0 Å². The van der Waals surface area contributed by atoms with Crippen molar-refractivity contribution in [3.63, 3.8) is 0 Å². The van der Waals surface area contributed by atoms with Crippen molar-refractivity contribution in [1.29, 1.82) is 0 Å². The van der Waals surface area contributed by atoms with Crippen LogP contribution < -0.4 is 0 Å². The fourth-order valence-corrected chi connectivity index (χ4v) is 3.11. The maximum Gasteiger partial charge on any atom is 0.123 e. The molecule has 1 aromatic rings. The second-order valence-electron chi connectivity index (χ2n) is 5.67. The molecule has 2 N–H and O–H groups in total. The molecule has 4 heteroatoms. The first kappa shape index (κ1) is 15.4. The number of aliphatic hydroxyl groups excluding tert-OH is 2. The highest BCUT2D eigenvalue weighted by Crippen LogP contribution is 2.25. The molecule has 20 heavy (non-hydrogen) atoms. The maximum absolute atomic E-state index is 13.1. The summed E-state index contributed by atoms with van der Waals surface area (Å²) >= 11 is 0. The highest BCUT2D eigenvalue weighted by Gasteiger charge is 2.24. The summed E-state index contributed by atoms with van der Waals surface area (Å²) in [5, 5.41) is 19.5. The van der Waals surface area contributed by atoms with Crippen molar-refractivity contribution in [3.8, 4) is 0 Å². The molecule has 0 spiro atoms. The first-order valence-corrected chi connectivity index (χ1v) is 7.41. The van der Waals surface area contributed by atoms with Gasteiger partial charge in [0.1, 0.15) is 5.82 Å². The average Bonchev–Trinajstić information content (AvgIpc) is 2.41. The quantitative estimate of drug-likeness (QED) is 0.871. The van der Waals surface area contributed by atoms with E-state index in [0.717, 1.165) is 36.9 Å². The number of rotatable bonds is 5. The van der Waals surface area contributed by atoms with E-state index in [9.17, 15) is 9.50 Å². The Bertz CT molecular complexity index is 436. The molecule has 2 atom stereocenters. The van der Waals surface area contributed by atoms with E-state index >= 15 is 0 Å². The smallest absolute Gasteiger partial charge is 0.123 e. The lowest BCUT2D eigenvalue weighted by Crippen LogP contribution is -2.42. The van der Waals surface area contributed by atoms with E-state index in [1.807, 2.05) is 6.92 Å². The van der Waals surface area contributed by atoms with Gasteiger partial charge in [-0.2, -0.15) is 0 Å². The normalized spacial score (nSPS) is 21.9. The number of likely N-dealkylation sites (tertiary alicyclic amines) is 1. The van der Waals surface area contributed by atoms with E-state index < -0.39 is 6.10 Å². The highest BCUT2D eigenvalue weighted by molar-refractivity contribution is 5.28. The van der Waals surface area contributed by atoms with Gasteiger partial charge >= 0.3 is 0 Å². The number of β-amino-alcohol motifs (C(OH)–C–C–N with tert-alkyl or cyclic N) is 1. The summed E-state index contributed by atoms with van der Waals surface area (Å²) in [4.78, 5) is 2.26. The number of halogens is 1. The molecule has 1 heterocycles. The zero-order chi connectivity index (χ0) is 14.5. The van der Waals surface area contributed by atoms with Gasteiger partial charge in [0.25, 0.3) is 0 Å². The van der Waals surface area contributed by atoms with Crippen LogP contribution in [0.4, 0.5) is 4.39 Å². The van der Waals surface area contributed by atoms with Gasteiger partial charge in [-0.15, -0.1) is 0 Å². The van der Waals surface area contributed by atoms with E-state index in [4.69, 9.17) is 5.11 Å². The van der Waals surface area contributed by atoms with Crippen LogP contribution in [0.15, 0.2) is 18.2 Å². The van der Waals surface area contributed by atoms with Crippen LogP contribution in [0.1, 0.15) is 42.9 Å². The molecule has 0 aliphatic carbocycles. The number of benzene rings is 1. The van der Waals surface area contributed by atoms with Crippen LogP contribution in [0.25, 0.3) is 0 Å². The Hall–Kier alpha value is -0.970. The van der Waals surface area contributed by atoms with Gasteiger partial charge in [0, 0.05) is 19.2 Å². The summed E-state index contributed by atoms with van der Waals surface area (Å²) < 4.78 is 13.1. The molecule has 1 saturated heterocycles. The van der Waals surface area contributed by atoms with Gasteiger partial charge in [-0.25, -0.2) is 4.39 Å². The van der Waals surface area contributed by atoms with Gasteiger partial charge in [0.05, 0.1) is 6.10 Å². The van der Waals surface area contributed by atoms with Crippen molar-refractivity contribution >= 4 is 0 Å². The first-order chi connectivity index (χ1) is 9.61. The fourth-order valence-electron chi connectivity index (χ4n) is 3.11. The summed E-state index contributed by atoms with van der Waals surface area (Å²) in [5.41, 5.74) is 1.58. The lowest BCUT2D eigenvalue weighted by Gasteiger charge is -2.37. The number of piperidine rings is 1. The number of aliphatic hydroxyl groups is 2. The Morgan fingerprint density at radius 3 is 2.90 bits per heavy atom. The molecule has 1 fully saturated rings. The molecule has 0 aromatic heterocycles. The topological polar surface area (TPSA) is 43.7 Å². The Balaban J connectivity index is 2.03. The largest absolute Gasteiger partial charge is 0.396 e. The average molecular weight is 281 g/mol. The summed E-state index contributed by atoms with van der Waals surface area (Å²) in [7, 11) is 0. The second kappa shape index (κ2) is 7.16. The zero-order valence-electron chi connectivity index (χ0n) is 12.1. The van der Waals surface area contributed by atoms with Crippen molar-refractivity contribution in [3.05, 3.63) is 35.1 Å². The molecule has 1 aromatic carbocycles. The standard InChI is InChI=1S/C16H24FNO2/c1-12-10-13(17)5-6-15(12)16(20)11-18-8-3-2-4-14(18)7-9-19/h5-6,10,14,16,19-20H,2-4,7-9,11H2,1H3. The van der Waals surface area contributed by atoms with Crippen molar-refractivity contribution < 1.29 is 14.6 Å². The SMILES string of the molecule is Cc1cc(F)ccc1C(O)CN1CCCCC1CCO. The molecule has 0 saturated carbocycles. The Morgan fingerprint density at radius 2 is 2.20 bits per heavy atom. The monoisotopic (exact) mass is 281 g/mol.